The van der Waals surface area contributed by atoms with Gasteiger partial charge in [-0.15, -0.1) is 0 Å². The van der Waals surface area contributed by atoms with Gasteiger partial charge in [0, 0.05) is 6.54 Å². The summed E-state index contributed by atoms with van der Waals surface area (Å²) in [6, 6.07) is 16.9. The normalized spacial score (nSPS) is 10.9. The van der Waals surface area contributed by atoms with Crippen molar-refractivity contribution in [3.05, 3.63) is 65.2 Å². The molecule has 0 heterocycles. The lowest BCUT2D eigenvalue weighted by Crippen LogP contribution is -2.11. The maximum Gasteiger partial charge on any atom is 0.120 e. The van der Waals surface area contributed by atoms with Gasteiger partial charge in [-0.25, -0.2) is 0 Å². The van der Waals surface area contributed by atoms with Crippen LogP contribution in [-0.2, 0) is 13.2 Å². The quantitative estimate of drug-likeness (QED) is 0.808. The van der Waals surface area contributed by atoms with Crippen LogP contribution in [0.2, 0.25) is 0 Å². The SMILES string of the molecule is CCNCc1cccc(COc2cccc(C(C)C)c2)c1. The van der Waals surface area contributed by atoms with Crippen molar-refractivity contribution < 1.29 is 4.74 Å². The lowest BCUT2D eigenvalue weighted by Gasteiger charge is -2.11. The van der Waals surface area contributed by atoms with E-state index in [0.717, 1.165) is 18.8 Å². The molecule has 0 amide bonds. The summed E-state index contributed by atoms with van der Waals surface area (Å²) in [5.41, 5.74) is 3.82. The Balaban J connectivity index is 1.97. The van der Waals surface area contributed by atoms with Crippen LogP contribution < -0.4 is 10.1 Å². The fourth-order valence-electron chi connectivity index (χ4n) is 2.23. The van der Waals surface area contributed by atoms with Crippen LogP contribution in [0, 0.1) is 0 Å². The van der Waals surface area contributed by atoms with Crippen LogP contribution in [0.4, 0.5) is 0 Å². The predicted molar refractivity (Wildman–Crippen MR) is 88.7 cm³/mol. The summed E-state index contributed by atoms with van der Waals surface area (Å²) in [6.07, 6.45) is 0. The zero-order valence-electron chi connectivity index (χ0n) is 13.2. The summed E-state index contributed by atoms with van der Waals surface area (Å²) in [4.78, 5) is 0. The summed E-state index contributed by atoms with van der Waals surface area (Å²) >= 11 is 0. The maximum absolute atomic E-state index is 5.92. The van der Waals surface area contributed by atoms with Crippen molar-refractivity contribution in [2.24, 2.45) is 0 Å². The van der Waals surface area contributed by atoms with Gasteiger partial charge in [-0.05, 0) is 41.3 Å². The molecule has 0 saturated heterocycles. The minimum atomic E-state index is 0.525. The average Bonchev–Trinajstić information content (AvgIpc) is 2.51. The third kappa shape index (κ3) is 4.91. The van der Waals surface area contributed by atoms with Gasteiger partial charge in [0.05, 0.1) is 0 Å². The summed E-state index contributed by atoms with van der Waals surface area (Å²) in [6.45, 7) is 9.03. The second-order valence-electron chi connectivity index (χ2n) is 5.62. The monoisotopic (exact) mass is 283 g/mol. The third-order valence-corrected chi connectivity index (χ3v) is 3.50. The molecule has 2 rings (SSSR count). The molecule has 2 nitrogen and oxygen atoms in total. The van der Waals surface area contributed by atoms with E-state index in [1.807, 2.05) is 6.07 Å². The molecule has 0 unspecified atom stereocenters. The third-order valence-electron chi connectivity index (χ3n) is 3.50. The second kappa shape index (κ2) is 7.84. The van der Waals surface area contributed by atoms with E-state index >= 15 is 0 Å². The molecule has 0 bridgehead atoms. The molecule has 0 aliphatic rings. The molecular formula is C19H25NO. The Labute approximate surface area is 128 Å². The van der Waals surface area contributed by atoms with E-state index in [-0.39, 0.29) is 0 Å². The van der Waals surface area contributed by atoms with Crippen LogP contribution in [0.1, 0.15) is 43.4 Å². The zero-order chi connectivity index (χ0) is 15.1. The van der Waals surface area contributed by atoms with Crippen molar-refractivity contribution in [2.45, 2.75) is 39.8 Å². The molecule has 1 N–H and O–H groups in total. The standard InChI is InChI=1S/C19H25NO/c1-4-20-13-16-7-5-8-17(11-16)14-21-19-10-6-9-18(12-19)15(2)3/h5-12,15,20H,4,13-14H2,1-3H3. The molecule has 0 saturated carbocycles. The summed E-state index contributed by atoms with van der Waals surface area (Å²) in [5, 5.41) is 3.34. The Morgan fingerprint density at radius 2 is 1.76 bits per heavy atom. The van der Waals surface area contributed by atoms with E-state index in [0.29, 0.717) is 12.5 Å². The first-order valence-corrected chi connectivity index (χ1v) is 7.70. The second-order valence-corrected chi connectivity index (χ2v) is 5.62. The Morgan fingerprint density at radius 3 is 2.52 bits per heavy atom. The zero-order valence-corrected chi connectivity index (χ0v) is 13.2. The molecule has 2 aromatic rings. The van der Waals surface area contributed by atoms with Crippen molar-refractivity contribution in [1.82, 2.24) is 5.32 Å². The van der Waals surface area contributed by atoms with Gasteiger partial charge in [-0.1, -0.05) is 57.2 Å². The van der Waals surface area contributed by atoms with Crippen LogP contribution in [0.5, 0.6) is 5.75 Å². The lowest BCUT2D eigenvalue weighted by atomic mass is 10.0. The van der Waals surface area contributed by atoms with Crippen LogP contribution in [0.15, 0.2) is 48.5 Å². The fraction of sp³-hybridized carbons (Fsp3) is 0.368. The first-order valence-electron chi connectivity index (χ1n) is 7.70. The van der Waals surface area contributed by atoms with E-state index in [9.17, 15) is 0 Å². The van der Waals surface area contributed by atoms with Gasteiger partial charge < -0.3 is 10.1 Å². The van der Waals surface area contributed by atoms with Gasteiger partial charge in [0.25, 0.3) is 0 Å². The van der Waals surface area contributed by atoms with E-state index in [2.05, 4.69) is 68.6 Å². The highest BCUT2D eigenvalue weighted by atomic mass is 16.5. The first-order chi connectivity index (χ1) is 10.2. The number of rotatable bonds is 7. The maximum atomic E-state index is 5.92. The van der Waals surface area contributed by atoms with Crippen molar-refractivity contribution in [1.29, 1.82) is 0 Å². The van der Waals surface area contributed by atoms with E-state index < -0.39 is 0 Å². The topological polar surface area (TPSA) is 21.3 Å². The molecule has 0 aliphatic carbocycles. The van der Waals surface area contributed by atoms with Gasteiger partial charge in [0.2, 0.25) is 0 Å². The Morgan fingerprint density at radius 1 is 1.00 bits per heavy atom. The highest BCUT2D eigenvalue weighted by Gasteiger charge is 2.02. The minimum absolute atomic E-state index is 0.525. The van der Waals surface area contributed by atoms with Crippen molar-refractivity contribution in [3.63, 3.8) is 0 Å². The highest BCUT2D eigenvalue weighted by Crippen LogP contribution is 2.21. The molecule has 112 valence electrons. The molecule has 0 aliphatic heterocycles. The van der Waals surface area contributed by atoms with Crippen LogP contribution >= 0.6 is 0 Å². The highest BCUT2D eigenvalue weighted by molar-refractivity contribution is 5.31. The van der Waals surface area contributed by atoms with Gasteiger partial charge >= 0.3 is 0 Å². The Bertz CT molecular complexity index is 563. The number of hydrogen-bond acceptors (Lipinski definition) is 2. The van der Waals surface area contributed by atoms with E-state index in [4.69, 9.17) is 4.74 Å². The van der Waals surface area contributed by atoms with Gasteiger partial charge in [-0.3, -0.25) is 0 Å². The molecule has 0 atom stereocenters. The van der Waals surface area contributed by atoms with Gasteiger partial charge in [-0.2, -0.15) is 0 Å². The number of ether oxygens (including phenoxy) is 1. The molecule has 2 aromatic carbocycles. The lowest BCUT2D eigenvalue weighted by molar-refractivity contribution is 0.305. The van der Waals surface area contributed by atoms with Crippen LogP contribution in [0.3, 0.4) is 0 Å². The Hall–Kier alpha value is -1.80. The van der Waals surface area contributed by atoms with E-state index in [1.165, 1.54) is 16.7 Å². The molecule has 0 spiro atoms. The fourth-order valence-corrected chi connectivity index (χ4v) is 2.23. The summed E-state index contributed by atoms with van der Waals surface area (Å²) in [7, 11) is 0. The Kier molecular flexibility index (Phi) is 5.82. The van der Waals surface area contributed by atoms with E-state index in [1.54, 1.807) is 0 Å². The number of nitrogens with one attached hydrogen (secondary N) is 1. The molecule has 0 radical (unpaired) electrons. The summed E-state index contributed by atoms with van der Waals surface area (Å²) < 4.78 is 5.92. The number of hydrogen-bond donors (Lipinski definition) is 1. The minimum Gasteiger partial charge on any atom is -0.489 e. The van der Waals surface area contributed by atoms with Gasteiger partial charge in [0.15, 0.2) is 0 Å². The molecular weight excluding hydrogens is 258 g/mol. The first kappa shape index (κ1) is 15.6. The van der Waals surface area contributed by atoms with Crippen LogP contribution in [0.25, 0.3) is 0 Å². The molecule has 0 aromatic heterocycles. The van der Waals surface area contributed by atoms with Crippen LogP contribution in [-0.4, -0.2) is 6.54 Å². The smallest absolute Gasteiger partial charge is 0.120 e. The average molecular weight is 283 g/mol. The molecule has 21 heavy (non-hydrogen) atoms. The largest absolute Gasteiger partial charge is 0.489 e. The summed E-state index contributed by atoms with van der Waals surface area (Å²) in [5.74, 6) is 1.47. The van der Waals surface area contributed by atoms with Gasteiger partial charge in [0.1, 0.15) is 12.4 Å². The van der Waals surface area contributed by atoms with Crippen molar-refractivity contribution in [3.8, 4) is 5.75 Å². The number of benzene rings is 2. The predicted octanol–water partition coefficient (Wildman–Crippen LogP) is 4.50. The van der Waals surface area contributed by atoms with Crippen molar-refractivity contribution in [2.75, 3.05) is 6.54 Å². The van der Waals surface area contributed by atoms with Crippen molar-refractivity contribution >= 4 is 0 Å². The molecule has 0 fully saturated rings. The molecule has 2 heteroatoms.